The first-order chi connectivity index (χ1) is 13.5. The van der Waals surface area contributed by atoms with Crippen molar-refractivity contribution in [1.82, 2.24) is 4.98 Å². The Bertz CT molecular complexity index is 976. The standard InChI is InChI=1S/C22H19BrN2O3/c1-16-6-5-9-20(10-16)25(14-17-7-3-2-4-8-17)21(26)15-28-22(27)18-11-19(23)13-24-12-18/h2-13H,14-15H2,1H3. The molecule has 2 aromatic carbocycles. The normalized spacial score (nSPS) is 10.4. The number of anilines is 1. The van der Waals surface area contributed by atoms with E-state index in [1.54, 1.807) is 17.2 Å². The fourth-order valence-electron chi connectivity index (χ4n) is 2.70. The highest BCUT2D eigenvalue weighted by Gasteiger charge is 2.19. The van der Waals surface area contributed by atoms with Crippen molar-refractivity contribution in [2.24, 2.45) is 0 Å². The number of aryl methyl sites for hydroxylation is 1. The van der Waals surface area contributed by atoms with Crippen molar-refractivity contribution in [3.8, 4) is 0 Å². The van der Waals surface area contributed by atoms with E-state index >= 15 is 0 Å². The molecule has 0 bridgehead atoms. The quantitative estimate of drug-likeness (QED) is 0.529. The van der Waals surface area contributed by atoms with Gasteiger partial charge in [-0.1, -0.05) is 42.5 Å². The van der Waals surface area contributed by atoms with E-state index in [0.717, 1.165) is 16.8 Å². The Morgan fingerprint density at radius 3 is 2.54 bits per heavy atom. The smallest absolute Gasteiger partial charge is 0.340 e. The molecule has 1 heterocycles. The Balaban J connectivity index is 1.75. The molecule has 142 valence electrons. The number of hydrogen-bond donors (Lipinski definition) is 0. The molecule has 3 rings (SSSR count). The summed E-state index contributed by atoms with van der Waals surface area (Å²) in [5.41, 5.74) is 3.07. The zero-order chi connectivity index (χ0) is 19.9. The molecule has 0 saturated carbocycles. The van der Waals surface area contributed by atoms with Crippen LogP contribution in [0.3, 0.4) is 0 Å². The van der Waals surface area contributed by atoms with Crippen molar-refractivity contribution in [3.05, 3.63) is 94.2 Å². The van der Waals surface area contributed by atoms with Crippen LogP contribution in [0, 0.1) is 6.92 Å². The summed E-state index contributed by atoms with van der Waals surface area (Å²) < 4.78 is 5.89. The lowest BCUT2D eigenvalue weighted by Gasteiger charge is -2.23. The zero-order valence-corrected chi connectivity index (χ0v) is 16.9. The molecule has 0 fully saturated rings. The number of benzene rings is 2. The number of hydrogen-bond acceptors (Lipinski definition) is 4. The number of aromatic nitrogens is 1. The molecular formula is C22H19BrN2O3. The number of nitrogens with zero attached hydrogens (tertiary/aromatic N) is 2. The van der Waals surface area contributed by atoms with Crippen LogP contribution in [0.15, 0.2) is 77.5 Å². The second kappa shape index (κ2) is 9.28. The predicted molar refractivity (Wildman–Crippen MR) is 111 cm³/mol. The summed E-state index contributed by atoms with van der Waals surface area (Å²) in [6.45, 7) is 2.00. The van der Waals surface area contributed by atoms with Crippen LogP contribution in [0.5, 0.6) is 0 Å². The Morgan fingerprint density at radius 1 is 1.04 bits per heavy atom. The van der Waals surface area contributed by atoms with Crippen LogP contribution in [0.4, 0.5) is 5.69 Å². The lowest BCUT2D eigenvalue weighted by Crippen LogP contribution is -2.34. The minimum absolute atomic E-state index is 0.285. The molecule has 0 unspecified atom stereocenters. The Labute approximate surface area is 172 Å². The van der Waals surface area contributed by atoms with Gasteiger partial charge in [0, 0.05) is 22.6 Å². The van der Waals surface area contributed by atoms with Crippen LogP contribution in [0.1, 0.15) is 21.5 Å². The maximum atomic E-state index is 12.9. The van der Waals surface area contributed by atoms with Crippen molar-refractivity contribution in [2.75, 3.05) is 11.5 Å². The van der Waals surface area contributed by atoms with Gasteiger partial charge in [-0.15, -0.1) is 0 Å². The second-order valence-corrected chi connectivity index (χ2v) is 7.19. The maximum absolute atomic E-state index is 12.9. The van der Waals surface area contributed by atoms with E-state index < -0.39 is 5.97 Å². The van der Waals surface area contributed by atoms with Crippen LogP contribution < -0.4 is 4.90 Å². The van der Waals surface area contributed by atoms with Gasteiger partial charge in [0.25, 0.3) is 5.91 Å². The summed E-state index contributed by atoms with van der Waals surface area (Å²) in [5, 5.41) is 0. The zero-order valence-electron chi connectivity index (χ0n) is 15.3. The minimum Gasteiger partial charge on any atom is -0.452 e. The molecule has 0 N–H and O–H groups in total. The van der Waals surface area contributed by atoms with E-state index in [9.17, 15) is 9.59 Å². The monoisotopic (exact) mass is 438 g/mol. The van der Waals surface area contributed by atoms with Crippen molar-refractivity contribution < 1.29 is 14.3 Å². The molecule has 28 heavy (non-hydrogen) atoms. The molecule has 0 spiro atoms. The lowest BCUT2D eigenvalue weighted by molar-refractivity contribution is -0.121. The van der Waals surface area contributed by atoms with E-state index in [2.05, 4.69) is 20.9 Å². The number of ether oxygens (including phenoxy) is 1. The summed E-state index contributed by atoms with van der Waals surface area (Å²) in [5.74, 6) is -0.892. The number of pyridine rings is 1. The summed E-state index contributed by atoms with van der Waals surface area (Å²) in [4.78, 5) is 30.7. The Morgan fingerprint density at radius 2 is 1.82 bits per heavy atom. The number of rotatable bonds is 6. The van der Waals surface area contributed by atoms with E-state index in [-0.39, 0.29) is 18.1 Å². The minimum atomic E-state index is -0.592. The summed E-state index contributed by atoms with van der Waals surface area (Å²) in [6.07, 6.45) is 2.97. The van der Waals surface area contributed by atoms with Gasteiger partial charge in [-0.3, -0.25) is 9.78 Å². The first kappa shape index (κ1) is 19.8. The van der Waals surface area contributed by atoms with Gasteiger partial charge < -0.3 is 9.64 Å². The molecule has 1 aromatic heterocycles. The average Bonchev–Trinajstić information content (AvgIpc) is 2.70. The Hall–Kier alpha value is -2.99. The number of carbonyl (C=O) groups excluding carboxylic acids is 2. The fraction of sp³-hybridized carbons (Fsp3) is 0.136. The highest BCUT2D eigenvalue weighted by atomic mass is 79.9. The highest BCUT2D eigenvalue weighted by Crippen LogP contribution is 2.19. The average molecular weight is 439 g/mol. The van der Waals surface area contributed by atoms with E-state index in [1.165, 1.54) is 6.20 Å². The summed E-state index contributed by atoms with van der Waals surface area (Å²) in [6, 6.07) is 18.9. The molecule has 0 atom stereocenters. The summed E-state index contributed by atoms with van der Waals surface area (Å²) >= 11 is 3.26. The van der Waals surface area contributed by atoms with Gasteiger partial charge in [0.15, 0.2) is 6.61 Å². The molecule has 0 aliphatic rings. The molecule has 1 amide bonds. The molecule has 0 saturated heterocycles. The first-order valence-corrected chi connectivity index (χ1v) is 9.51. The van der Waals surface area contributed by atoms with Crippen molar-refractivity contribution >= 4 is 33.5 Å². The van der Waals surface area contributed by atoms with E-state index in [0.29, 0.717) is 11.0 Å². The highest BCUT2D eigenvalue weighted by molar-refractivity contribution is 9.10. The number of amides is 1. The van der Waals surface area contributed by atoms with E-state index in [4.69, 9.17) is 4.74 Å². The fourth-order valence-corrected chi connectivity index (χ4v) is 3.06. The largest absolute Gasteiger partial charge is 0.452 e. The maximum Gasteiger partial charge on any atom is 0.340 e. The van der Waals surface area contributed by atoms with Gasteiger partial charge in [-0.05, 0) is 52.2 Å². The van der Waals surface area contributed by atoms with Crippen molar-refractivity contribution in [2.45, 2.75) is 13.5 Å². The number of esters is 1. The molecule has 0 aliphatic heterocycles. The third kappa shape index (κ3) is 5.27. The molecular weight excluding hydrogens is 420 g/mol. The lowest BCUT2D eigenvalue weighted by atomic mass is 10.1. The molecule has 6 heteroatoms. The van der Waals surface area contributed by atoms with Crippen molar-refractivity contribution in [3.63, 3.8) is 0 Å². The van der Waals surface area contributed by atoms with Gasteiger partial charge in [-0.2, -0.15) is 0 Å². The van der Waals surface area contributed by atoms with Crippen molar-refractivity contribution in [1.29, 1.82) is 0 Å². The van der Waals surface area contributed by atoms with Crippen LogP contribution in [-0.2, 0) is 16.1 Å². The van der Waals surface area contributed by atoms with Crippen LogP contribution in [0.25, 0.3) is 0 Å². The van der Waals surface area contributed by atoms with Crippen LogP contribution in [0.2, 0.25) is 0 Å². The molecule has 0 aliphatic carbocycles. The number of carbonyl (C=O) groups is 2. The molecule has 3 aromatic rings. The topological polar surface area (TPSA) is 59.5 Å². The predicted octanol–water partition coefficient (Wildman–Crippen LogP) is 4.54. The molecule has 0 radical (unpaired) electrons. The van der Waals surface area contributed by atoms with Crippen LogP contribution >= 0.6 is 15.9 Å². The molecule has 5 nitrogen and oxygen atoms in total. The van der Waals surface area contributed by atoms with Gasteiger partial charge >= 0.3 is 5.97 Å². The van der Waals surface area contributed by atoms with Gasteiger partial charge in [0.1, 0.15) is 0 Å². The third-order valence-electron chi connectivity index (χ3n) is 4.07. The third-order valence-corrected chi connectivity index (χ3v) is 4.50. The van der Waals surface area contributed by atoms with Gasteiger partial charge in [0.05, 0.1) is 12.1 Å². The summed E-state index contributed by atoms with van der Waals surface area (Å²) in [7, 11) is 0. The van der Waals surface area contributed by atoms with Gasteiger partial charge in [0.2, 0.25) is 0 Å². The Kier molecular flexibility index (Phi) is 6.55. The van der Waals surface area contributed by atoms with Gasteiger partial charge in [-0.25, -0.2) is 4.79 Å². The van der Waals surface area contributed by atoms with E-state index in [1.807, 2.05) is 61.5 Å². The SMILES string of the molecule is Cc1cccc(N(Cc2ccccc2)C(=O)COC(=O)c2cncc(Br)c2)c1. The second-order valence-electron chi connectivity index (χ2n) is 6.27. The first-order valence-electron chi connectivity index (χ1n) is 8.71. The number of halogens is 1. The van der Waals surface area contributed by atoms with Crippen LogP contribution in [-0.4, -0.2) is 23.5 Å².